The predicted octanol–water partition coefficient (Wildman–Crippen LogP) is 2.82. The molecule has 142 valence electrons. The number of benzene rings is 1. The second-order valence-corrected chi connectivity index (χ2v) is 4.71. The van der Waals surface area contributed by atoms with Gasteiger partial charge in [-0.3, -0.25) is 19.9 Å². The average molecular weight is 373 g/mol. The van der Waals surface area contributed by atoms with E-state index in [0.717, 1.165) is 0 Å². The Balaban J connectivity index is 0.00000176. The zero-order valence-electron chi connectivity index (χ0n) is 15.1. The lowest BCUT2D eigenvalue weighted by Gasteiger charge is -2.07. The van der Waals surface area contributed by atoms with Crippen LogP contribution in [0.3, 0.4) is 0 Å². The minimum absolute atomic E-state index is 0.0244. The van der Waals surface area contributed by atoms with Gasteiger partial charge in [0, 0.05) is 24.7 Å². The van der Waals surface area contributed by atoms with Crippen molar-refractivity contribution in [3.63, 3.8) is 0 Å². The number of nitro groups is 1. The SMILES string of the molecule is C=C/C=C1\C(=NC)OC(C(=O)O)=C1NC(=O)c1ccc([N+](=O)[O-])cc1.CC. The number of carboxylic acids is 1. The van der Waals surface area contributed by atoms with Crippen LogP contribution in [-0.2, 0) is 9.53 Å². The van der Waals surface area contributed by atoms with Crippen LogP contribution in [0, 0.1) is 10.1 Å². The summed E-state index contributed by atoms with van der Waals surface area (Å²) >= 11 is 0. The van der Waals surface area contributed by atoms with Crippen LogP contribution in [0.1, 0.15) is 24.2 Å². The molecule has 1 aromatic rings. The first kappa shape index (κ1) is 21.3. The Hall–Kier alpha value is -3.75. The van der Waals surface area contributed by atoms with Crippen LogP contribution >= 0.6 is 0 Å². The molecule has 2 rings (SSSR count). The molecule has 0 fully saturated rings. The lowest BCUT2D eigenvalue weighted by molar-refractivity contribution is -0.384. The van der Waals surface area contributed by atoms with Gasteiger partial charge in [-0.25, -0.2) is 4.79 Å². The first-order chi connectivity index (χ1) is 12.9. The highest BCUT2D eigenvalue weighted by Gasteiger charge is 2.33. The second-order valence-electron chi connectivity index (χ2n) is 4.71. The fourth-order valence-corrected chi connectivity index (χ4v) is 2.07. The van der Waals surface area contributed by atoms with Gasteiger partial charge in [-0.2, -0.15) is 0 Å². The fraction of sp³-hybridized carbons (Fsp3) is 0.167. The van der Waals surface area contributed by atoms with Crippen molar-refractivity contribution in [2.45, 2.75) is 13.8 Å². The molecule has 1 aliphatic heterocycles. The van der Waals surface area contributed by atoms with Crippen LogP contribution < -0.4 is 5.32 Å². The molecular formula is C18H19N3O6. The topological polar surface area (TPSA) is 131 Å². The van der Waals surface area contributed by atoms with E-state index in [0.29, 0.717) is 0 Å². The number of hydrogen-bond acceptors (Lipinski definition) is 6. The summed E-state index contributed by atoms with van der Waals surface area (Å²) in [5, 5.41) is 22.3. The number of rotatable bonds is 5. The summed E-state index contributed by atoms with van der Waals surface area (Å²) in [7, 11) is 1.41. The van der Waals surface area contributed by atoms with Gasteiger partial charge in [0.2, 0.25) is 11.7 Å². The zero-order valence-corrected chi connectivity index (χ0v) is 15.1. The number of non-ortho nitro benzene ring substituents is 1. The summed E-state index contributed by atoms with van der Waals surface area (Å²) in [6.45, 7) is 7.53. The number of aliphatic imine (C=N–C) groups is 1. The van der Waals surface area contributed by atoms with E-state index in [1.54, 1.807) is 0 Å². The standard InChI is InChI=1S/C16H13N3O6.C2H6/c1-3-4-11-12(13(16(21)22)25-15(11)17-2)18-14(20)9-5-7-10(8-6-9)19(23)24;1-2/h3-8H,1H2,2H3,(H,18,20)(H,21,22);1-2H3/b11-4-,17-15?;. The van der Waals surface area contributed by atoms with Crippen LogP contribution in [0.15, 0.2) is 65.0 Å². The molecule has 0 saturated heterocycles. The van der Waals surface area contributed by atoms with Crippen LogP contribution in [0.5, 0.6) is 0 Å². The molecule has 0 spiro atoms. The number of aliphatic carboxylic acids is 1. The number of carbonyl (C=O) groups is 2. The van der Waals surface area contributed by atoms with Crippen molar-refractivity contribution in [3.05, 3.63) is 75.7 Å². The first-order valence-electron chi connectivity index (χ1n) is 7.90. The second kappa shape index (κ2) is 9.66. The number of carboxylic acid groups (broad SMARTS) is 1. The van der Waals surface area contributed by atoms with Crippen LogP contribution in [0.25, 0.3) is 0 Å². The lowest BCUT2D eigenvalue weighted by Crippen LogP contribution is -2.25. The molecule has 2 N–H and O–H groups in total. The molecule has 0 aliphatic carbocycles. The molecule has 1 aliphatic rings. The molecule has 1 heterocycles. The quantitative estimate of drug-likeness (QED) is 0.603. The molecular weight excluding hydrogens is 354 g/mol. The van der Waals surface area contributed by atoms with Gasteiger partial charge in [-0.05, 0) is 18.2 Å². The van der Waals surface area contributed by atoms with Crippen molar-refractivity contribution in [2.24, 2.45) is 4.99 Å². The fourth-order valence-electron chi connectivity index (χ4n) is 2.07. The third-order valence-electron chi connectivity index (χ3n) is 3.19. The maximum absolute atomic E-state index is 12.3. The normalized spacial score (nSPS) is 15.7. The summed E-state index contributed by atoms with van der Waals surface area (Å²) < 4.78 is 5.15. The molecule has 9 nitrogen and oxygen atoms in total. The van der Waals surface area contributed by atoms with Gasteiger partial charge in [0.05, 0.1) is 10.5 Å². The lowest BCUT2D eigenvalue weighted by atomic mass is 10.1. The minimum atomic E-state index is -1.38. The van der Waals surface area contributed by atoms with E-state index in [-0.39, 0.29) is 28.4 Å². The zero-order chi connectivity index (χ0) is 20.6. The third kappa shape index (κ3) is 4.88. The number of ether oxygens (including phenoxy) is 1. The van der Waals surface area contributed by atoms with E-state index in [1.165, 1.54) is 43.5 Å². The molecule has 0 bridgehead atoms. The van der Waals surface area contributed by atoms with Crippen molar-refractivity contribution >= 4 is 23.5 Å². The molecule has 1 aromatic carbocycles. The van der Waals surface area contributed by atoms with Gasteiger partial charge in [0.25, 0.3) is 11.6 Å². The van der Waals surface area contributed by atoms with Gasteiger partial charge < -0.3 is 15.2 Å². The first-order valence-corrected chi connectivity index (χ1v) is 7.90. The maximum Gasteiger partial charge on any atom is 0.374 e. The molecule has 1 amide bonds. The molecule has 9 heteroatoms. The Bertz CT molecular complexity index is 850. The Morgan fingerprint density at radius 1 is 1.30 bits per heavy atom. The number of nitrogens with zero attached hydrogens (tertiary/aromatic N) is 2. The maximum atomic E-state index is 12.3. The number of nitro benzene ring substituents is 1. The summed E-state index contributed by atoms with van der Waals surface area (Å²) in [5.74, 6) is -2.49. The highest BCUT2D eigenvalue weighted by Crippen LogP contribution is 2.26. The molecule has 27 heavy (non-hydrogen) atoms. The Kier molecular flexibility index (Phi) is 7.62. The molecule has 0 radical (unpaired) electrons. The number of nitrogens with one attached hydrogen (secondary N) is 1. The van der Waals surface area contributed by atoms with Crippen molar-refractivity contribution in [1.29, 1.82) is 0 Å². The van der Waals surface area contributed by atoms with Gasteiger partial charge in [0.15, 0.2) is 0 Å². The Morgan fingerprint density at radius 2 is 1.89 bits per heavy atom. The van der Waals surface area contributed by atoms with Crippen molar-refractivity contribution < 1.29 is 24.4 Å². The van der Waals surface area contributed by atoms with Crippen molar-refractivity contribution in [2.75, 3.05) is 7.05 Å². The highest BCUT2D eigenvalue weighted by atomic mass is 16.6. The highest BCUT2D eigenvalue weighted by molar-refractivity contribution is 6.09. The molecule has 0 atom stereocenters. The smallest absolute Gasteiger partial charge is 0.374 e. The van der Waals surface area contributed by atoms with Crippen molar-refractivity contribution in [1.82, 2.24) is 5.32 Å². The van der Waals surface area contributed by atoms with Crippen molar-refractivity contribution in [3.8, 4) is 0 Å². The van der Waals surface area contributed by atoms with Crippen LogP contribution in [0.2, 0.25) is 0 Å². The molecule has 0 saturated carbocycles. The largest absolute Gasteiger partial charge is 0.475 e. The summed E-state index contributed by atoms with van der Waals surface area (Å²) in [6, 6.07) is 4.86. The van der Waals surface area contributed by atoms with E-state index in [9.17, 15) is 24.8 Å². The Labute approximate surface area is 155 Å². The monoisotopic (exact) mass is 373 g/mol. The number of hydrogen-bond donors (Lipinski definition) is 2. The van der Waals surface area contributed by atoms with E-state index >= 15 is 0 Å². The number of carbonyl (C=O) groups excluding carboxylic acids is 1. The average Bonchev–Trinajstić information content (AvgIpc) is 3.01. The van der Waals surface area contributed by atoms with E-state index in [4.69, 9.17) is 4.74 Å². The molecule has 0 aromatic heterocycles. The van der Waals surface area contributed by atoms with Gasteiger partial charge in [0.1, 0.15) is 5.70 Å². The van der Waals surface area contributed by atoms with Crippen LogP contribution in [-0.4, -0.2) is 34.9 Å². The molecule has 0 unspecified atom stereocenters. The van der Waals surface area contributed by atoms with E-state index in [2.05, 4.69) is 16.9 Å². The Morgan fingerprint density at radius 3 is 2.33 bits per heavy atom. The van der Waals surface area contributed by atoms with Gasteiger partial charge >= 0.3 is 5.97 Å². The summed E-state index contributed by atoms with van der Waals surface area (Å²) in [4.78, 5) is 37.6. The van der Waals surface area contributed by atoms with E-state index < -0.39 is 22.6 Å². The minimum Gasteiger partial charge on any atom is -0.475 e. The van der Waals surface area contributed by atoms with Crippen LogP contribution in [0.4, 0.5) is 5.69 Å². The van der Waals surface area contributed by atoms with Gasteiger partial charge in [-0.15, -0.1) is 0 Å². The summed E-state index contributed by atoms with van der Waals surface area (Å²) in [6.07, 6.45) is 2.84. The predicted molar refractivity (Wildman–Crippen MR) is 99.3 cm³/mol. The van der Waals surface area contributed by atoms with Gasteiger partial charge in [-0.1, -0.05) is 26.5 Å². The number of allylic oxidation sites excluding steroid dienone is 2. The number of amides is 1. The summed E-state index contributed by atoms with van der Waals surface area (Å²) in [5.41, 5.74) is 0.128. The van der Waals surface area contributed by atoms with E-state index in [1.807, 2.05) is 13.8 Å². The third-order valence-corrected chi connectivity index (χ3v) is 3.19.